The Bertz CT molecular complexity index is 782. The van der Waals surface area contributed by atoms with Crippen molar-refractivity contribution in [3.8, 4) is 6.07 Å². The minimum Gasteiger partial charge on any atom is -0.417 e. The van der Waals surface area contributed by atoms with Gasteiger partial charge in [0.2, 0.25) is 0 Å². The summed E-state index contributed by atoms with van der Waals surface area (Å²) >= 11 is 0. The lowest BCUT2D eigenvalue weighted by molar-refractivity contribution is 0.172. The van der Waals surface area contributed by atoms with Crippen molar-refractivity contribution >= 4 is 10.9 Å². The number of benzene rings is 2. The van der Waals surface area contributed by atoms with Crippen molar-refractivity contribution in [3.63, 3.8) is 0 Å². The van der Waals surface area contributed by atoms with E-state index >= 15 is 0 Å². The zero-order valence-corrected chi connectivity index (χ0v) is 11.2. The van der Waals surface area contributed by atoms with E-state index in [-0.39, 0.29) is 0 Å². The number of fused-ring (bicyclic) bond motifs is 1. The molecule has 0 amide bonds. The summed E-state index contributed by atoms with van der Waals surface area (Å²) in [5.74, 6) is 0. The van der Waals surface area contributed by atoms with Gasteiger partial charge in [-0.05, 0) is 11.6 Å². The molecular formula is C17H14N2O. The molecule has 0 aliphatic heterocycles. The second kappa shape index (κ2) is 5.10. The zero-order chi connectivity index (χ0) is 13.9. The topological polar surface area (TPSA) is 38.0 Å². The smallest absolute Gasteiger partial charge is 0.104 e. The van der Waals surface area contributed by atoms with Crippen LogP contribution < -0.4 is 4.84 Å². The van der Waals surface area contributed by atoms with E-state index in [2.05, 4.69) is 18.2 Å². The summed E-state index contributed by atoms with van der Waals surface area (Å²) in [5.41, 5.74) is 3.66. The lowest BCUT2D eigenvalue weighted by atomic mass is 10.1. The highest BCUT2D eigenvalue weighted by molar-refractivity contribution is 5.88. The molecular weight excluding hydrogens is 248 g/mol. The van der Waals surface area contributed by atoms with Crippen molar-refractivity contribution in [1.29, 1.82) is 5.26 Å². The van der Waals surface area contributed by atoms with Crippen LogP contribution in [0.25, 0.3) is 10.9 Å². The summed E-state index contributed by atoms with van der Waals surface area (Å²) < 4.78 is 1.75. The SMILES string of the molecule is COn1c(Cc2ccccc2)c(C#N)c2ccccc21. The highest BCUT2D eigenvalue weighted by Crippen LogP contribution is 2.26. The number of para-hydroxylation sites is 1. The Kier molecular flexibility index (Phi) is 3.14. The zero-order valence-electron chi connectivity index (χ0n) is 11.2. The summed E-state index contributed by atoms with van der Waals surface area (Å²) in [6, 6.07) is 20.2. The number of nitrogens with zero attached hydrogens (tertiary/aromatic N) is 2. The highest BCUT2D eigenvalue weighted by Gasteiger charge is 2.17. The number of rotatable bonds is 3. The largest absolute Gasteiger partial charge is 0.417 e. The quantitative estimate of drug-likeness (QED) is 0.727. The maximum atomic E-state index is 9.48. The number of aromatic nitrogens is 1. The molecule has 0 spiro atoms. The Balaban J connectivity index is 2.21. The summed E-state index contributed by atoms with van der Waals surface area (Å²) in [7, 11) is 1.63. The van der Waals surface area contributed by atoms with E-state index in [1.165, 1.54) is 0 Å². The van der Waals surface area contributed by atoms with E-state index in [0.717, 1.165) is 22.2 Å². The van der Waals surface area contributed by atoms with Gasteiger partial charge >= 0.3 is 0 Å². The minimum atomic E-state index is 0.673. The third-order valence-corrected chi connectivity index (χ3v) is 3.43. The maximum Gasteiger partial charge on any atom is 0.104 e. The molecule has 0 radical (unpaired) electrons. The van der Waals surface area contributed by atoms with Crippen LogP contribution in [0.1, 0.15) is 16.8 Å². The predicted molar refractivity (Wildman–Crippen MR) is 78.4 cm³/mol. The van der Waals surface area contributed by atoms with E-state index in [9.17, 15) is 5.26 Å². The molecule has 0 fully saturated rings. The van der Waals surface area contributed by atoms with E-state index in [1.54, 1.807) is 11.8 Å². The van der Waals surface area contributed by atoms with Crippen LogP contribution in [0.5, 0.6) is 0 Å². The Labute approximate surface area is 117 Å². The van der Waals surface area contributed by atoms with Crippen LogP contribution in [0.2, 0.25) is 0 Å². The summed E-state index contributed by atoms with van der Waals surface area (Å²) in [4.78, 5) is 5.48. The van der Waals surface area contributed by atoms with Gasteiger partial charge in [-0.15, -0.1) is 0 Å². The fourth-order valence-corrected chi connectivity index (χ4v) is 2.55. The molecule has 0 unspecified atom stereocenters. The van der Waals surface area contributed by atoms with Crippen LogP contribution in [0.3, 0.4) is 0 Å². The van der Waals surface area contributed by atoms with Gasteiger partial charge in [-0.25, -0.2) is 0 Å². The Hall–Kier alpha value is -2.73. The van der Waals surface area contributed by atoms with Gasteiger partial charge in [0.05, 0.1) is 16.8 Å². The Morgan fingerprint density at radius 1 is 1.05 bits per heavy atom. The molecule has 1 aromatic heterocycles. The molecule has 0 N–H and O–H groups in total. The molecule has 1 heterocycles. The number of hydrogen-bond donors (Lipinski definition) is 0. The molecule has 0 saturated carbocycles. The van der Waals surface area contributed by atoms with Crippen LogP contribution in [-0.4, -0.2) is 11.8 Å². The van der Waals surface area contributed by atoms with Gasteiger partial charge in [0.25, 0.3) is 0 Å². The van der Waals surface area contributed by atoms with Crippen LogP contribution in [0.4, 0.5) is 0 Å². The minimum absolute atomic E-state index is 0.673. The third kappa shape index (κ3) is 1.92. The van der Waals surface area contributed by atoms with Crippen molar-refractivity contribution in [3.05, 3.63) is 71.4 Å². The van der Waals surface area contributed by atoms with Crippen molar-refractivity contribution in [1.82, 2.24) is 4.73 Å². The molecule has 0 aliphatic carbocycles. The summed E-state index contributed by atoms with van der Waals surface area (Å²) in [6.45, 7) is 0. The normalized spacial score (nSPS) is 10.4. The monoisotopic (exact) mass is 262 g/mol. The lowest BCUT2D eigenvalue weighted by Crippen LogP contribution is -2.10. The predicted octanol–water partition coefficient (Wildman–Crippen LogP) is 3.16. The van der Waals surface area contributed by atoms with Crippen LogP contribution in [-0.2, 0) is 6.42 Å². The van der Waals surface area contributed by atoms with Crippen molar-refractivity contribution < 1.29 is 4.84 Å². The van der Waals surface area contributed by atoms with E-state index in [1.807, 2.05) is 42.5 Å². The summed E-state index contributed by atoms with van der Waals surface area (Å²) in [5, 5.41) is 10.4. The van der Waals surface area contributed by atoms with Crippen LogP contribution in [0.15, 0.2) is 54.6 Å². The Morgan fingerprint density at radius 2 is 1.75 bits per heavy atom. The van der Waals surface area contributed by atoms with Gasteiger partial charge in [0, 0.05) is 11.8 Å². The molecule has 0 bridgehead atoms. The molecule has 20 heavy (non-hydrogen) atoms. The lowest BCUT2D eigenvalue weighted by Gasteiger charge is -2.08. The summed E-state index contributed by atoms with van der Waals surface area (Å²) in [6.07, 6.45) is 0.673. The first kappa shape index (κ1) is 12.3. The van der Waals surface area contributed by atoms with E-state index in [4.69, 9.17) is 4.84 Å². The molecule has 0 atom stereocenters. The molecule has 2 aromatic carbocycles. The fourth-order valence-electron chi connectivity index (χ4n) is 2.55. The highest BCUT2D eigenvalue weighted by atomic mass is 16.6. The van der Waals surface area contributed by atoms with Crippen molar-refractivity contribution in [2.24, 2.45) is 0 Å². The van der Waals surface area contributed by atoms with Gasteiger partial charge in [0.1, 0.15) is 13.2 Å². The van der Waals surface area contributed by atoms with Gasteiger partial charge in [-0.1, -0.05) is 48.5 Å². The molecule has 3 heteroatoms. The average Bonchev–Trinajstić information content (AvgIpc) is 2.80. The van der Waals surface area contributed by atoms with Gasteiger partial charge in [-0.3, -0.25) is 0 Å². The fraction of sp³-hybridized carbons (Fsp3) is 0.118. The second-order valence-electron chi connectivity index (χ2n) is 4.59. The Morgan fingerprint density at radius 3 is 2.45 bits per heavy atom. The van der Waals surface area contributed by atoms with E-state index < -0.39 is 0 Å². The molecule has 0 aliphatic rings. The van der Waals surface area contributed by atoms with Crippen LogP contribution in [0, 0.1) is 11.3 Å². The molecule has 98 valence electrons. The molecule has 3 aromatic rings. The first-order chi connectivity index (χ1) is 9.85. The first-order valence-corrected chi connectivity index (χ1v) is 6.46. The second-order valence-corrected chi connectivity index (χ2v) is 4.59. The van der Waals surface area contributed by atoms with Gasteiger partial charge in [0.15, 0.2) is 0 Å². The average molecular weight is 262 g/mol. The van der Waals surface area contributed by atoms with E-state index in [0.29, 0.717) is 12.0 Å². The first-order valence-electron chi connectivity index (χ1n) is 6.46. The van der Waals surface area contributed by atoms with Gasteiger partial charge < -0.3 is 4.84 Å². The maximum absolute atomic E-state index is 9.48. The molecule has 3 nitrogen and oxygen atoms in total. The molecule has 3 rings (SSSR count). The standard InChI is InChI=1S/C17H14N2O/c1-20-19-16-10-6-5-9-14(16)15(12-18)17(19)11-13-7-3-2-4-8-13/h2-10H,11H2,1H3. The van der Waals surface area contributed by atoms with Crippen LogP contribution >= 0.6 is 0 Å². The number of hydrogen-bond acceptors (Lipinski definition) is 2. The third-order valence-electron chi connectivity index (χ3n) is 3.43. The van der Waals surface area contributed by atoms with Gasteiger partial charge in [-0.2, -0.15) is 9.99 Å². The van der Waals surface area contributed by atoms with Crippen molar-refractivity contribution in [2.75, 3.05) is 7.11 Å². The number of nitriles is 1. The van der Waals surface area contributed by atoms with Crippen molar-refractivity contribution in [2.45, 2.75) is 6.42 Å². The molecule has 0 saturated heterocycles.